The van der Waals surface area contributed by atoms with Gasteiger partial charge in [0.05, 0.1) is 44.0 Å². The van der Waals surface area contributed by atoms with Crippen LogP contribution >= 0.6 is 23.2 Å². The van der Waals surface area contributed by atoms with E-state index in [-0.39, 0.29) is 15.6 Å². The zero-order chi connectivity index (χ0) is 19.8. The number of carbonyl (C=O) groups is 1. The van der Waals surface area contributed by atoms with E-state index in [1.165, 1.54) is 4.57 Å². The quantitative estimate of drug-likeness (QED) is 0.485. The molecule has 4 aromatic rings. The molecule has 3 aromatic carbocycles. The van der Waals surface area contributed by atoms with Crippen LogP contribution in [0, 0.1) is 11.3 Å². The Bertz CT molecular complexity index is 1310. The van der Waals surface area contributed by atoms with Crippen LogP contribution in [-0.4, -0.2) is 15.0 Å². The molecule has 0 radical (unpaired) electrons. The summed E-state index contributed by atoms with van der Waals surface area (Å²) < 4.78 is 2.47. The first-order valence-electron chi connectivity index (χ1n) is 8.24. The van der Waals surface area contributed by atoms with Crippen molar-refractivity contribution in [1.29, 1.82) is 5.26 Å². The molecule has 4 rings (SSSR count). The van der Waals surface area contributed by atoms with Gasteiger partial charge in [0.2, 0.25) is 0 Å². The number of hydrogen-bond donors (Lipinski definition) is 0. The van der Waals surface area contributed by atoms with E-state index in [1.54, 1.807) is 66.7 Å². The molecule has 0 saturated heterocycles. The van der Waals surface area contributed by atoms with E-state index in [2.05, 4.69) is 0 Å². The lowest BCUT2D eigenvalue weighted by Gasteiger charge is -2.06. The first-order valence-corrected chi connectivity index (χ1v) is 9.00. The Hall–Kier alpha value is -3.33. The van der Waals surface area contributed by atoms with E-state index >= 15 is 0 Å². The lowest BCUT2D eigenvalue weighted by atomic mass is 10.2. The monoisotopic (exact) mass is 407 g/mol. The lowest BCUT2D eigenvalue weighted by molar-refractivity contribution is 0.0961. The maximum atomic E-state index is 13.2. The third kappa shape index (κ3) is 2.80. The van der Waals surface area contributed by atoms with E-state index in [4.69, 9.17) is 28.5 Å². The summed E-state index contributed by atoms with van der Waals surface area (Å²) in [6.07, 6.45) is 0. The zero-order valence-electron chi connectivity index (χ0n) is 14.3. The van der Waals surface area contributed by atoms with Crippen LogP contribution in [0.4, 0.5) is 0 Å². The molecule has 0 fully saturated rings. The lowest BCUT2D eigenvalue weighted by Crippen LogP contribution is -2.29. The fourth-order valence-corrected chi connectivity index (χ4v) is 3.65. The van der Waals surface area contributed by atoms with E-state index in [9.17, 15) is 9.59 Å². The Morgan fingerprint density at radius 1 is 0.857 bits per heavy atom. The highest BCUT2D eigenvalue weighted by atomic mass is 35.5. The molecular weight excluding hydrogens is 397 g/mol. The summed E-state index contributed by atoms with van der Waals surface area (Å²) in [5, 5.41) is 9.32. The van der Waals surface area contributed by atoms with E-state index in [1.807, 2.05) is 6.07 Å². The highest BCUT2D eigenvalue weighted by Gasteiger charge is 2.23. The van der Waals surface area contributed by atoms with Crippen LogP contribution in [-0.2, 0) is 0 Å². The molecule has 7 heteroatoms. The number of rotatable bonds is 2. The number of aromatic nitrogens is 2. The van der Waals surface area contributed by atoms with Crippen LogP contribution in [0.15, 0.2) is 71.5 Å². The van der Waals surface area contributed by atoms with Crippen LogP contribution in [0.3, 0.4) is 0 Å². The Labute approximate surface area is 169 Å². The Kier molecular flexibility index (Phi) is 4.52. The maximum Gasteiger partial charge on any atom is 0.340 e. The minimum Gasteiger partial charge on any atom is -0.268 e. The average molecular weight is 408 g/mol. The molecule has 0 aliphatic carbocycles. The summed E-state index contributed by atoms with van der Waals surface area (Å²) in [6, 6.07) is 20.2. The molecule has 0 N–H and O–H groups in total. The molecular formula is C21H11Cl2N3O2. The summed E-state index contributed by atoms with van der Waals surface area (Å²) in [5.74, 6) is -0.607. The topological polar surface area (TPSA) is 67.8 Å². The number of carbonyl (C=O) groups excluding carboxylic acids is 1. The van der Waals surface area contributed by atoms with Gasteiger partial charge in [0.25, 0.3) is 5.91 Å². The second kappa shape index (κ2) is 7.01. The standard InChI is InChI=1S/C21H11Cl2N3O2/c22-15-4-3-5-16(23)19(15)20(27)26-18-7-2-1-6-17(18)25(21(26)28)14-10-8-13(12-24)9-11-14/h1-11H. The van der Waals surface area contributed by atoms with E-state index in [0.29, 0.717) is 22.3 Å². The van der Waals surface area contributed by atoms with Crippen LogP contribution < -0.4 is 5.69 Å². The minimum atomic E-state index is -0.607. The van der Waals surface area contributed by atoms with Gasteiger partial charge in [0.15, 0.2) is 0 Å². The molecule has 0 aliphatic rings. The van der Waals surface area contributed by atoms with Gasteiger partial charge >= 0.3 is 5.69 Å². The molecule has 5 nitrogen and oxygen atoms in total. The highest BCUT2D eigenvalue weighted by molar-refractivity contribution is 6.39. The molecule has 136 valence electrons. The highest BCUT2D eigenvalue weighted by Crippen LogP contribution is 2.27. The molecule has 0 bridgehead atoms. The molecule has 0 saturated carbocycles. The third-order valence-electron chi connectivity index (χ3n) is 4.38. The smallest absolute Gasteiger partial charge is 0.268 e. The molecule has 1 aromatic heterocycles. The van der Waals surface area contributed by atoms with Crippen LogP contribution in [0.25, 0.3) is 16.7 Å². The summed E-state index contributed by atoms with van der Waals surface area (Å²) in [4.78, 5) is 26.4. The van der Waals surface area contributed by atoms with Gasteiger partial charge in [-0.05, 0) is 48.5 Å². The van der Waals surface area contributed by atoms with E-state index < -0.39 is 11.6 Å². The normalized spacial score (nSPS) is 10.8. The van der Waals surface area contributed by atoms with Gasteiger partial charge in [-0.15, -0.1) is 0 Å². The minimum absolute atomic E-state index is 0.0654. The van der Waals surface area contributed by atoms with Crippen molar-refractivity contribution >= 4 is 40.1 Å². The number of para-hydroxylation sites is 2. The summed E-state index contributed by atoms with van der Waals surface area (Å²) >= 11 is 12.4. The predicted octanol–water partition coefficient (Wildman–Crippen LogP) is 4.66. The van der Waals surface area contributed by atoms with Crippen molar-refractivity contribution in [2.45, 2.75) is 0 Å². The largest absolute Gasteiger partial charge is 0.340 e. The molecule has 0 aliphatic heterocycles. The van der Waals surface area contributed by atoms with Crippen molar-refractivity contribution in [1.82, 2.24) is 9.13 Å². The summed E-state index contributed by atoms with van der Waals surface area (Å²) in [7, 11) is 0. The van der Waals surface area contributed by atoms with Crippen molar-refractivity contribution in [3.05, 3.63) is 98.4 Å². The number of fused-ring (bicyclic) bond motifs is 1. The van der Waals surface area contributed by atoms with Crippen molar-refractivity contribution in [2.24, 2.45) is 0 Å². The van der Waals surface area contributed by atoms with Gasteiger partial charge in [0, 0.05) is 0 Å². The van der Waals surface area contributed by atoms with Crippen molar-refractivity contribution in [2.75, 3.05) is 0 Å². The van der Waals surface area contributed by atoms with Gasteiger partial charge in [-0.3, -0.25) is 9.36 Å². The number of benzene rings is 3. The van der Waals surface area contributed by atoms with Crippen LogP contribution in [0.1, 0.15) is 15.9 Å². The van der Waals surface area contributed by atoms with Crippen LogP contribution in [0.5, 0.6) is 0 Å². The van der Waals surface area contributed by atoms with Gasteiger partial charge in [-0.2, -0.15) is 5.26 Å². The van der Waals surface area contributed by atoms with Gasteiger partial charge in [-0.1, -0.05) is 41.4 Å². The second-order valence-electron chi connectivity index (χ2n) is 6.00. The molecule has 0 unspecified atom stereocenters. The first kappa shape index (κ1) is 18.1. The van der Waals surface area contributed by atoms with E-state index in [0.717, 1.165) is 4.57 Å². The third-order valence-corrected chi connectivity index (χ3v) is 5.01. The van der Waals surface area contributed by atoms with Gasteiger partial charge in [0.1, 0.15) is 0 Å². The Morgan fingerprint density at radius 2 is 1.46 bits per heavy atom. The first-order chi connectivity index (χ1) is 13.5. The van der Waals surface area contributed by atoms with Gasteiger partial charge in [-0.25, -0.2) is 9.36 Å². The second-order valence-corrected chi connectivity index (χ2v) is 6.82. The number of nitrogens with zero attached hydrogens (tertiary/aromatic N) is 3. The van der Waals surface area contributed by atoms with Crippen LogP contribution in [0.2, 0.25) is 10.0 Å². The summed E-state index contributed by atoms with van der Waals surface area (Å²) in [5.41, 5.74) is 1.51. The number of halogens is 2. The van der Waals surface area contributed by atoms with Crippen molar-refractivity contribution in [3.63, 3.8) is 0 Å². The van der Waals surface area contributed by atoms with Crippen molar-refractivity contribution < 1.29 is 4.79 Å². The number of hydrogen-bond acceptors (Lipinski definition) is 3. The summed E-state index contributed by atoms with van der Waals surface area (Å²) in [6.45, 7) is 0. The fourth-order valence-electron chi connectivity index (χ4n) is 3.09. The van der Waals surface area contributed by atoms with Gasteiger partial charge < -0.3 is 0 Å². The molecule has 0 spiro atoms. The molecule has 0 atom stereocenters. The number of imidazole rings is 1. The van der Waals surface area contributed by atoms with Crippen molar-refractivity contribution in [3.8, 4) is 11.8 Å². The SMILES string of the molecule is N#Cc1ccc(-n2c(=O)n(C(=O)c3c(Cl)cccc3Cl)c3ccccc32)cc1. The number of nitriles is 1. The molecule has 1 heterocycles. The zero-order valence-corrected chi connectivity index (χ0v) is 15.8. The fraction of sp³-hybridized carbons (Fsp3) is 0. The Morgan fingerprint density at radius 3 is 2.07 bits per heavy atom. The maximum absolute atomic E-state index is 13.2. The predicted molar refractivity (Wildman–Crippen MR) is 108 cm³/mol. The molecule has 28 heavy (non-hydrogen) atoms. The Balaban J connectivity index is 2.01. The molecule has 0 amide bonds. The average Bonchev–Trinajstić information content (AvgIpc) is 2.99.